The van der Waals surface area contributed by atoms with E-state index >= 15 is 0 Å². The largest absolute Gasteiger partial charge is 0.334 e. The van der Waals surface area contributed by atoms with Crippen LogP contribution in [0.15, 0.2) is 66.1 Å². The number of benzene rings is 2. The van der Waals surface area contributed by atoms with Crippen molar-refractivity contribution in [2.45, 2.75) is 24.2 Å². The standard InChI is InChI=1S/C22H26N4O4S/c1-2-14-23-22(28)25-18-12-10-17(11-13-18)24-21(27)19-8-4-5-9-20(19)31(29,30)26-15-6-3-7-16-26/h2,4-5,8-13H,1,3,6-7,14-16H2,(H,24,27)(H2,23,25,28). The summed E-state index contributed by atoms with van der Waals surface area (Å²) in [4.78, 5) is 24.5. The summed E-state index contributed by atoms with van der Waals surface area (Å²) < 4.78 is 27.6. The van der Waals surface area contributed by atoms with E-state index < -0.39 is 15.9 Å². The maximum atomic E-state index is 13.1. The number of amides is 3. The van der Waals surface area contributed by atoms with Gasteiger partial charge < -0.3 is 16.0 Å². The molecule has 1 saturated heterocycles. The van der Waals surface area contributed by atoms with E-state index in [2.05, 4.69) is 22.5 Å². The van der Waals surface area contributed by atoms with E-state index in [1.54, 1.807) is 42.5 Å². The number of urea groups is 1. The normalized spacial score (nSPS) is 14.5. The van der Waals surface area contributed by atoms with Gasteiger partial charge in [0.2, 0.25) is 10.0 Å². The summed E-state index contributed by atoms with van der Waals surface area (Å²) in [5.74, 6) is -0.513. The maximum absolute atomic E-state index is 13.1. The lowest BCUT2D eigenvalue weighted by Gasteiger charge is -2.26. The Morgan fingerprint density at radius 2 is 1.55 bits per heavy atom. The van der Waals surface area contributed by atoms with Gasteiger partial charge in [0.1, 0.15) is 0 Å². The van der Waals surface area contributed by atoms with E-state index in [4.69, 9.17) is 0 Å². The molecule has 8 nitrogen and oxygen atoms in total. The second kappa shape index (κ2) is 10.2. The zero-order valence-electron chi connectivity index (χ0n) is 17.1. The molecule has 0 aromatic heterocycles. The first kappa shape index (κ1) is 22.5. The van der Waals surface area contributed by atoms with Gasteiger partial charge in [-0.15, -0.1) is 6.58 Å². The van der Waals surface area contributed by atoms with Crippen LogP contribution < -0.4 is 16.0 Å². The van der Waals surface area contributed by atoms with Crippen molar-refractivity contribution >= 4 is 33.3 Å². The fraction of sp³-hybridized carbons (Fsp3) is 0.273. The SMILES string of the molecule is C=CCNC(=O)Nc1ccc(NC(=O)c2ccccc2S(=O)(=O)N2CCCCC2)cc1. The van der Waals surface area contributed by atoms with E-state index in [9.17, 15) is 18.0 Å². The van der Waals surface area contributed by atoms with Gasteiger partial charge in [-0.1, -0.05) is 24.6 Å². The number of sulfonamides is 1. The van der Waals surface area contributed by atoms with Gasteiger partial charge in [0.05, 0.1) is 10.5 Å². The number of piperidine rings is 1. The van der Waals surface area contributed by atoms with Gasteiger partial charge in [0, 0.05) is 31.0 Å². The van der Waals surface area contributed by atoms with Crippen LogP contribution in [0.3, 0.4) is 0 Å². The molecule has 1 heterocycles. The smallest absolute Gasteiger partial charge is 0.319 e. The molecule has 1 fully saturated rings. The van der Waals surface area contributed by atoms with E-state index in [-0.39, 0.29) is 16.5 Å². The quantitative estimate of drug-likeness (QED) is 0.571. The van der Waals surface area contributed by atoms with Crippen LogP contribution >= 0.6 is 0 Å². The monoisotopic (exact) mass is 442 g/mol. The van der Waals surface area contributed by atoms with Gasteiger partial charge in [0.15, 0.2) is 0 Å². The van der Waals surface area contributed by atoms with Crippen molar-refractivity contribution in [2.75, 3.05) is 30.3 Å². The highest BCUT2D eigenvalue weighted by Crippen LogP contribution is 2.24. The Hall–Kier alpha value is -3.17. The number of carbonyl (C=O) groups excluding carboxylic acids is 2. The molecule has 0 spiro atoms. The molecule has 0 aliphatic carbocycles. The summed E-state index contributed by atoms with van der Waals surface area (Å²) in [6.07, 6.45) is 4.22. The predicted octanol–water partition coefficient (Wildman–Crippen LogP) is 3.42. The number of carbonyl (C=O) groups is 2. The summed E-state index contributed by atoms with van der Waals surface area (Å²) >= 11 is 0. The average Bonchev–Trinajstić information content (AvgIpc) is 2.79. The summed E-state index contributed by atoms with van der Waals surface area (Å²) in [5, 5.41) is 7.98. The van der Waals surface area contributed by atoms with E-state index in [0.29, 0.717) is 31.0 Å². The van der Waals surface area contributed by atoms with Crippen molar-refractivity contribution in [2.24, 2.45) is 0 Å². The summed E-state index contributed by atoms with van der Waals surface area (Å²) in [6.45, 7) is 4.81. The second-order valence-electron chi connectivity index (χ2n) is 7.12. The molecular weight excluding hydrogens is 416 g/mol. The molecule has 0 saturated carbocycles. The Kier molecular flexibility index (Phi) is 7.43. The Morgan fingerprint density at radius 1 is 0.935 bits per heavy atom. The van der Waals surface area contributed by atoms with Gasteiger partial charge in [-0.3, -0.25) is 4.79 Å². The van der Waals surface area contributed by atoms with Crippen molar-refractivity contribution in [3.8, 4) is 0 Å². The molecule has 2 aromatic carbocycles. The van der Waals surface area contributed by atoms with Crippen molar-refractivity contribution in [3.63, 3.8) is 0 Å². The lowest BCUT2D eigenvalue weighted by molar-refractivity contribution is 0.102. The summed E-state index contributed by atoms with van der Waals surface area (Å²) in [6, 6.07) is 12.4. The van der Waals surface area contributed by atoms with Crippen LogP contribution in [0.2, 0.25) is 0 Å². The highest BCUT2D eigenvalue weighted by atomic mass is 32.2. The van der Waals surface area contributed by atoms with Gasteiger partial charge in [-0.2, -0.15) is 4.31 Å². The first-order chi connectivity index (χ1) is 14.9. The van der Waals surface area contributed by atoms with Crippen LogP contribution in [-0.4, -0.2) is 44.3 Å². The molecule has 0 atom stereocenters. The molecule has 9 heteroatoms. The predicted molar refractivity (Wildman–Crippen MR) is 121 cm³/mol. The van der Waals surface area contributed by atoms with Gasteiger partial charge >= 0.3 is 6.03 Å². The Balaban J connectivity index is 1.73. The Labute approximate surface area is 182 Å². The third kappa shape index (κ3) is 5.71. The number of anilines is 2. The highest BCUT2D eigenvalue weighted by Gasteiger charge is 2.29. The molecule has 3 rings (SSSR count). The van der Waals surface area contributed by atoms with Crippen LogP contribution in [0.4, 0.5) is 16.2 Å². The molecule has 1 aliphatic heterocycles. The van der Waals surface area contributed by atoms with Crippen molar-refractivity contribution in [1.29, 1.82) is 0 Å². The summed E-state index contributed by atoms with van der Waals surface area (Å²) in [7, 11) is -3.75. The number of hydrogen-bond donors (Lipinski definition) is 3. The molecule has 2 aromatic rings. The molecule has 31 heavy (non-hydrogen) atoms. The fourth-order valence-corrected chi connectivity index (χ4v) is 5.01. The van der Waals surface area contributed by atoms with Crippen LogP contribution in [0.5, 0.6) is 0 Å². The molecule has 3 N–H and O–H groups in total. The van der Waals surface area contributed by atoms with Gasteiger partial charge in [0.25, 0.3) is 5.91 Å². The third-order valence-electron chi connectivity index (χ3n) is 4.87. The lowest BCUT2D eigenvalue weighted by Crippen LogP contribution is -2.36. The van der Waals surface area contributed by atoms with E-state index in [1.165, 1.54) is 16.4 Å². The van der Waals surface area contributed by atoms with Crippen LogP contribution in [0.25, 0.3) is 0 Å². The Bertz CT molecular complexity index is 1050. The molecule has 0 bridgehead atoms. The number of nitrogens with zero attached hydrogens (tertiary/aromatic N) is 1. The fourth-order valence-electron chi connectivity index (χ4n) is 3.30. The molecule has 3 amide bonds. The van der Waals surface area contributed by atoms with Crippen LogP contribution in [-0.2, 0) is 10.0 Å². The van der Waals surface area contributed by atoms with E-state index in [1.807, 2.05) is 0 Å². The van der Waals surface area contributed by atoms with E-state index in [0.717, 1.165) is 19.3 Å². The number of rotatable bonds is 7. The van der Waals surface area contributed by atoms with Crippen molar-refractivity contribution in [1.82, 2.24) is 9.62 Å². The number of nitrogens with one attached hydrogen (secondary N) is 3. The maximum Gasteiger partial charge on any atom is 0.319 e. The minimum Gasteiger partial charge on any atom is -0.334 e. The summed E-state index contributed by atoms with van der Waals surface area (Å²) in [5.41, 5.74) is 1.12. The average molecular weight is 443 g/mol. The first-order valence-electron chi connectivity index (χ1n) is 10.1. The second-order valence-corrected chi connectivity index (χ2v) is 9.02. The molecular formula is C22H26N4O4S. The van der Waals surface area contributed by atoms with Gasteiger partial charge in [-0.05, 0) is 49.2 Å². The van der Waals surface area contributed by atoms with Crippen LogP contribution in [0.1, 0.15) is 29.6 Å². The molecule has 0 unspecified atom stereocenters. The topological polar surface area (TPSA) is 108 Å². The van der Waals surface area contributed by atoms with Crippen LogP contribution in [0, 0.1) is 0 Å². The van der Waals surface area contributed by atoms with Gasteiger partial charge in [-0.25, -0.2) is 13.2 Å². The first-order valence-corrected chi connectivity index (χ1v) is 11.5. The Morgan fingerprint density at radius 3 is 2.19 bits per heavy atom. The third-order valence-corrected chi connectivity index (χ3v) is 6.83. The minimum absolute atomic E-state index is 0.00609. The van der Waals surface area contributed by atoms with Crippen molar-refractivity contribution < 1.29 is 18.0 Å². The van der Waals surface area contributed by atoms with Crippen molar-refractivity contribution in [3.05, 3.63) is 66.7 Å². The zero-order chi connectivity index (χ0) is 22.3. The lowest BCUT2D eigenvalue weighted by atomic mass is 10.2. The number of hydrogen-bond acceptors (Lipinski definition) is 4. The zero-order valence-corrected chi connectivity index (χ0v) is 18.0. The minimum atomic E-state index is -3.75. The highest BCUT2D eigenvalue weighted by molar-refractivity contribution is 7.89. The molecule has 164 valence electrons. The molecule has 1 aliphatic rings. The molecule has 0 radical (unpaired) electrons.